The lowest BCUT2D eigenvalue weighted by molar-refractivity contribution is -0.137. The second-order valence-corrected chi connectivity index (χ2v) is 6.69. The van der Waals surface area contributed by atoms with Crippen LogP contribution in [-0.2, 0) is 24.7 Å². The number of hydrogen-bond donors (Lipinski definition) is 0. The molecule has 0 saturated carbocycles. The van der Waals surface area contributed by atoms with E-state index >= 15 is 0 Å². The summed E-state index contributed by atoms with van der Waals surface area (Å²) in [6, 6.07) is 7.25. The minimum Gasteiger partial charge on any atom is -0.467 e. The van der Waals surface area contributed by atoms with Crippen molar-refractivity contribution >= 4 is 5.71 Å². The van der Waals surface area contributed by atoms with Gasteiger partial charge in [0.25, 0.3) is 0 Å². The van der Waals surface area contributed by atoms with Crippen LogP contribution >= 0.6 is 0 Å². The summed E-state index contributed by atoms with van der Waals surface area (Å²) in [7, 11) is 2.91. The van der Waals surface area contributed by atoms with Gasteiger partial charge in [-0.2, -0.15) is 13.2 Å². The summed E-state index contributed by atoms with van der Waals surface area (Å²) in [6.45, 7) is 3.27. The molecule has 0 saturated heterocycles. The van der Waals surface area contributed by atoms with Crippen molar-refractivity contribution in [3.05, 3.63) is 69.4 Å². The lowest BCUT2D eigenvalue weighted by Gasteiger charge is -2.13. The van der Waals surface area contributed by atoms with Gasteiger partial charge < -0.3 is 9.57 Å². The highest BCUT2D eigenvalue weighted by Crippen LogP contribution is 2.29. The second-order valence-electron chi connectivity index (χ2n) is 6.69. The summed E-state index contributed by atoms with van der Waals surface area (Å²) in [5.74, 6) is 0. The molecule has 11 heteroatoms. The van der Waals surface area contributed by atoms with Crippen molar-refractivity contribution in [1.82, 2.24) is 19.3 Å². The van der Waals surface area contributed by atoms with Crippen LogP contribution in [0, 0.1) is 6.92 Å². The molecule has 0 unspecified atom stereocenters. The minimum atomic E-state index is -4.48. The Kier molecular flexibility index (Phi) is 6.14. The third-order valence-electron chi connectivity index (χ3n) is 4.50. The molecule has 3 aromatic rings. The minimum absolute atomic E-state index is 0.0438. The predicted molar refractivity (Wildman–Crippen MR) is 106 cm³/mol. The average Bonchev–Trinajstić information content (AvgIpc) is 3.01. The average molecular weight is 435 g/mol. The highest BCUT2D eigenvalue weighted by molar-refractivity contribution is 5.96. The Hall–Kier alpha value is -3.63. The first-order valence-electron chi connectivity index (χ1n) is 9.12. The smallest absolute Gasteiger partial charge is 0.416 e. The molecule has 0 fully saturated rings. The molecule has 0 spiro atoms. The topological polar surface area (TPSA) is 83.5 Å². The van der Waals surface area contributed by atoms with Crippen molar-refractivity contribution in [3.8, 4) is 11.7 Å². The van der Waals surface area contributed by atoms with Crippen molar-refractivity contribution in [2.24, 2.45) is 12.2 Å². The van der Waals surface area contributed by atoms with Crippen LogP contribution in [0.2, 0.25) is 0 Å². The number of alkyl halides is 3. The van der Waals surface area contributed by atoms with E-state index in [1.807, 2.05) is 13.0 Å². The van der Waals surface area contributed by atoms with Gasteiger partial charge in [0.05, 0.1) is 24.1 Å². The number of nitrogens with zero attached hydrogens (tertiary/aromatic N) is 5. The van der Waals surface area contributed by atoms with Gasteiger partial charge in [-0.3, -0.25) is 4.98 Å². The predicted octanol–water partition coefficient (Wildman–Crippen LogP) is 3.24. The molecular formula is C20H20F3N5O3. The number of para-hydroxylation sites is 1. The fraction of sp³-hybridized carbons (Fsp3) is 0.300. The monoisotopic (exact) mass is 435 g/mol. The van der Waals surface area contributed by atoms with Crippen molar-refractivity contribution in [3.63, 3.8) is 0 Å². The van der Waals surface area contributed by atoms with Crippen LogP contribution in [-0.4, -0.2) is 32.2 Å². The SMILES string of the molecule is COc1nn(C)c(=O)n1-c1c(C)cccc1CON=C(C)c1cc(C(F)(F)F)ccn1. The zero-order valence-electron chi connectivity index (χ0n) is 17.3. The van der Waals surface area contributed by atoms with Gasteiger partial charge in [0.1, 0.15) is 12.3 Å². The fourth-order valence-electron chi connectivity index (χ4n) is 2.97. The van der Waals surface area contributed by atoms with Crippen LogP contribution in [0.1, 0.15) is 29.3 Å². The summed E-state index contributed by atoms with van der Waals surface area (Å²) in [5, 5.41) is 7.93. The molecule has 0 aliphatic heterocycles. The lowest BCUT2D eigenvalue weighted by atomic mass is 10.1. The number of benzene rings is 1. The van der Waals surface area contributed by atoms with Gasteiger partial charge in [-0.15, -0.1) is 5.10 Å². The van der Waals surface area contributed by atoms with E-state index in [4.69, 9.17) is 9.57 Å². The van der Waals surface area contributed by atoms with Crippen molar-refractivity contribution < 1.29 is 22.7 Å². The van der Waals surface area contributed by atoms with Crippen LogP contribution in [0.15, 0.2) is 46.5 Å². The van der Waals surface area contributed by atoms with E-state index in [-0.39, 0.29) is 24.0 Å². The summed E-state index contributed by atoms with van der Waals surface area (Å²) >= 11 is 0. The molecule has 3 rings (SSSR count). The molecule has 2 heterocycles. The van der Waals surface area contributed by atoms with Crippen molar-refractivity contribution in [2.75, 3.05) is 7.11 Å². The highest BCUT2D eigenvalue weighted by Gasteiger charge is 2.30. The molecule has 0 radical (unpaired) electrons. The van der Waals surface area contributed by atoms with Crippen LogP contribution in [0.4, 0.5) is 13.2 Å². The molecule has 0 aliphatic rings. The van der Waals surface area contributed by atoms with Gasteiger partial charge in [0.2, 0.25) is 0 Å². The Balaban J connectivity index is 1.89. The Morgan fingerprint density at radius 2 is 2.00 bits per heavy atom. The van der Waals surface area contributed by atoms with Gasteiger partial charge in [-0.1, -0.05) is 23.4 Å². The molecule has 31 heavy (non-hydrogen) atoms. The zero-order chi connectivity index (χ0) is 22.8. The molecule has 164 valence electrons. The number of aryl methyl sites for hydroxylation is 2. The summed E-state index contributed by atoms with van der Waals surface area (Å²) in [5.41, 5.74) is 0.913. The number of aromatic nitrogens is 4. The standard InChI is InChI=1S/C20H20F3N5O3/c1-12-6-5-7-14(17(12)28-18(30-4)25-27(3)19(28)29)11-31-26-13(2)16-10-15(8-9-24-16)20(21,22)23/h5-10H,11H2,1-4H3. The molecule has 0 bridgehead atoms. The van der Waals surface area contributed by atoms with Gasteiger partial charge in [-0.05, 0) is 31.5 Å². The number of oxime groups is 1. The fourth-order valence-corrected chi connectivity index (χ4v) is 2.97. The molecule has 8 nitrogen and oxygen atoms in total. The number of hydrogen-bond acceptors (Lipinski definition) is 6. The van der Waals surface area contributed by atoms with E-state index in [0.29, 0.717) is 11.3 Å². The third kappa shape index (κ3) is 4.60. The van der Waals surface area contributed by atoms with E-state index in [0.717, 1.165) is 28.6 Å². The first-order chi connectivity index (χ1) is 14.6. The molecule has 0 amide bonds. The highest BCUT2D eigenvalue weighted by atomic mass is 19.4. The lowest BCUT2D eigenvalue weighted by Crippen LogP contribution is -2.23. The maximum Gasteiger partial charge on any atom is 0.416 e. The van der Waals surface area contributed by atoms with Gasteiger partial charge in [0, 0.05) is 18.8 Å². The number of rotatable bonds is 6. The van der Waals surface area contributed by atoms with Crippen LogP contribution < -0.4 is 10.4 Å². The molecule has 0 atom stereocenters. The van der Waals surface area contributed by atoms with E-state index in [1.54, 1.807) is 12.1 Å². The Labute approximate surface area is 175 Å². The summed E-state index contributed by atoms with van der Waals surface area (Å²) < 4.78 is 46.4. The van der Waals surface area contributed by atoms with Crippen molar-refractivity contribution in [1.29, 1.82) is 0 Å². The molecule has 1 aromatic carbocycles. The maximum atomic E-state index is 12.9. The normalized spacial score (nSPS) is 12.2. The first kappa shape index (κ1) is 22.1. The number of methoxy groups -OCH3 is 1. The maximum absolute atomic E-state index is 12.9. The van der Waals surface area contributed by atoms with Crippen LogP contribution in [0.25, 0.3) is 5.69 Å². The third-order valence-corrected chi connectivity index (χ3v) is 4.50. The Bertz CT molecular complexity index is 1180. The largest absolute Gasteiger partial charge is 0.467 e. The van der Waals surface area contributed by atoms with Crippen molar-refractivity contribution in [2.45, 2.75) is 26.6 Å². The second kappa shape index (κ2) is 8.62. The molecular weight excluding hydrogens is 415 g/mol. The van der Waals surface area contributed by atoms with Gasteiger partial charge in [0.15, 0.2) is 0 Å². The van der Waals surface area contributed by atoms with Crippen LogP contribution in [0.5, 0.6) is 6.01 Å². The molecule has 0 N–H and O–H groups in total. The first-order valence-corrected chi connectivity index (χ1v) is 9.12. The van der Waals surface area contributed by atoms with Gasteiger partial charge in [-0.25, -0.2) is 14.0 Å². The zero-order valence-corrected chi connectivity index (χ0v) is 17.3. The number of ether oxygens (including phenoxy) is 1. The van der Waals surface area contributed by atoms with E-state index < -0.39 is 17.4 Å². The summed E-state index contributed by atoms with van der Waals surface area (Å²) in [6.07, 6.45) is -3.41. The Morgan fingerprint density at radius 1 is 1.26 bits per heavy atom. The van der Waals surface area contributed by atoms with Crippen LogP contribution in [0.3, 0.4) is 0 Å². The van der Waals surface area contributed by atoms with E-state index in [1.165, 1.54) is 25.6 Å². The quantitative estimate of drug-likeness (QED) is 0.439. The number of halogens is 3. The summed E-state index contributed by atoms with van der Waals surface area (Å²) in [4.78, 5) is 21.8. The van der Waals surface area contributed by atoms with E-state index in [9.17, 15) is 18.0 Å². The van der Waals surface area contributed by atoms with E-state index in [2.05, 4.69) is 15.2 Å². The Morgan fingerprint density at radius 3 is 2.68 bits per heavy atom. The van der Waals surface area contributed by atoms with Gasteiger partial charge >= 0.3 is 17.9 Å². The number of pyridine rings is 1. The molecule has 0 aliphatic carbocycles. The molecule has 2 aromatic heterocycles.